The third-order valence-corrected chi connectivity index (χ3v) is 10.8. The first-order chi connectivity index (χ1) is 8.46. The van der Waals surface area contributed by atoms with E-state index in [9.17, 15) is 4.79 Å². The highest BCUT2D eigenvalue weighted by atomic mass is 79.9. The maximum absolute atomic E-state index is 11.9. The zero-order chi connectivity index (χ0) is 15.2. The van der Waals surface area contributed by atoms with Gasteiger partial charge in [-0.3, -0.25) is 0 Å². The number of ether oxygens (including phenoxy) is 1. The van der Waals surface area contributed by atoms with Crippen molar-refractivity contribution in [1.82, 2.24) is 4.23 Å². The van der Waals surface area contributed by atoms with Crippen molar-refractivity contribution in [3.05, 3.63) is 21.4 Å². The molecule has 0 aliphatic carbocycles. The molecule has 0 aliphatic rings. The van der Waals surface area contributed by atoms with E-state index in [-0.39, 0.29) is 11.0 Å². The second-order valence-corrected chi connectivity index (χ2v) is 12.4. The van der Waals surface area contributed by atoms with Crippen LogP contribution in [0.2, 0.25) is 18.1 Å². The van der Waals surface area contributed by atoms with Gasteiger partial charge in [0.1, 0.15) is 0 Å². The summed E-state index contributed by atoms with van der Waals surface area (Å²) in [4.78, 5) is 11.9. The Labute approximate surface area is 125 Å². The van der Waals surface area contributed by atoms with E-state index in [1.54, 1.807) is 0 Å². The fourth-order valence-electron chi connectivity index (χ4n) is 2.31. The summed E-state index contributed by atoms with van der Waals surface area (Å²) in [7, 11) is -0.337. The van der Waals surface area contributed by atoms with Crippen molar-refractivity contribution in [1.29, 1.82) is 0 Å². The van der Waals surface area contributed by atoms with E-state index in [4.69, 9.17) is 4.74 Å². The van der Waals surface area contributed by atoms with Crippen molar-refractivity contribution < 1.29 is 9.53 Å². The molecule has 1 aromatic rings. The number of hydrogen-bond acceptors (Lipinski definition) is 2. The number of carbonyl (C=O) groups is 1. The van der Waals surface area contributed by atoms with Crippen molar-refractivity contribution in [2.75, 3.05) is 7.11 Å². The summed E-state index contributed by atoms with van der Waals surface area (Å²) in [6.45, 7) is 15.5. The Hall–Kier alpha value is -0.553. The molecular weight excluding hydrogens is 322 g/mol. The van der Waals surface area contributed by atoms with Gasteiger partial charge in [0.2, 0.25) is 0 Å². The minimum absolute atomic E-state index is 0.203. The van der Waals surface area contributed by atoms with Gasteiger partial charge < -0.3 is 8.97 Å². The van der Waals surface area contributed by atoms with Crippen LogP contribution < -0.4 is 0 Å². The number of rotatable bonds is 2. The Bertz CT molecular complexity index is 512. The maximum atomic E-state index is 11.9. The Morgan fingerprint density at radius 2 is 1.68 bits per heavy atom. The SMILES string of the molecule is COC(=O)c1c(Br)c(C)n([Si](C)(C)C(C)(C)C)c1C. The molecule has 0 saturated heterocycles. The molecule has 0 N–H and O–H groups in total. The van der Waals surface area contributed by atoms with Gasteiger partial charge in [0, 0.05) is 11.4 Å². The quantitative estimate of drug-likeness (QED) is 0.583. The average molecular weight is 346 g/mol. The predicted molar refractivity (Wildman–Crippen MR) is 85.5 cm³/mol. The molecule has 0 spiro atoms. The minimum Gasteiger partial charge on any atom is -0.465 e. The topological polar surface area (TPSA) is 31.2 Å². The molecule has 0 unspecified atom stereocenters. The van der Waals surface area contributed by atoms with Crippen LogP contribution in [-0.4, -0.2) is 25.5 Å². The van der Waals surface area contributed by atoms with Crippen LogP contribution in [-0.2, 0) is 4.74 Å². The molecule has 1 rings (SSSR count). The van der Waals surface area contributed by atoms with Gasteiger partial charge in [0.25, 0.3) is 0 Å². The molecule has 0 aromatic carbocycles. The van der Waals surface area contributed by atoms with E-state index in [1.165, 1.54) is 7.11 Å². The summed E-state index contributed by atoms with van der Waals surface area (Å²) in [5, 5.41) is 0.203. The first kappa shape index (κ1) is 16.5. The summed E-state index contributed by atoms with van der Waals surface area (Å²) in [5.41, 5.74) is 2.78. The predicted octanol–water partition coefficient (Wildman–Crippen LogP) is 4.51. The number of methoxy groups -OCH3 is 1. The van der Waals surface area contributed by atoms with Gasteiger partial charge in [-0.2, -0.15) is 0 Å². The third-order valence-electron chi connectivity index (χ3n) is 4.35. The second kappa shape index (κ2) is 5.09. The zero-order valence-electron chi connectivity index (χ0n) is 13.1. The van der Waals surface area contributed by atoms with Crippen molar-refractivity contribution in [2.24, 2.45) is 0 Å². The summed E-state index contributed by atoms with van der Waals surface area (Å²) in [5.74, 6) is -0.273. The van der Waals surface area contributed by atoms with Crippen molar-refractivity contribution in [3.8, 4) is 0 Å². The number of carbonyl (C=O) groups excluding carboxylic acids is 1. The van der Waals surface area contributed by atoms with E-state index < -0.39 is 8.24 Å². The fourth-order valence-corrected chi connectivity index (χ4v) is 5.68. The number of hydrogen-bond donors (Lipinski definition) is 0. The lowest BCUT2D eigenvalue weighted by Crippen LogP contribution is -2.46. The van der Waals surface area contributed by atoms with Crippen LogP contribution in [0.5, 0.6) is 0 Å². The van der Waals surface area contributed by atoms with Crippen LogP contribution in [0, 0.1) is 13.8 Å². The Balaban J connectivity index is 3.61. The zero-order valence-corrected chi connectivity index (χ0v) is 15.7. The van der Waals surface area contributed by atoms with Gasteiger partial charge in [-0.05, 0) is 34.8 Å². The number of halogens is 1. The number of aromatic nitrogens is 1. The van der Waals surface area contributed by atoms with Gasteiger partial charge in [-0.15, -0.1) is 0 Å². The molecule has 0 fully saturated rings. The van der Waals surface area contributed by atoms with Gasteiger partial charge in [0.05, 0.1) is 17.1 Å². The second-order valence-electron chi connectivity index (χ2n) is 6.50. The minimum atomic E-state index is -1.76. The van der Waals surface area contributed by atoms with Crippen molar-refractivity contribution in [3.63, 3.8) is 0 Å². The molecule has 1 heterocycles. The van der Waals surface area contributed by atoms with Gasteiger partial charge >= 0.3 is 5.97 Å². The Kier molecular flexibility index (Phi) is 4.42. The fraction of sp³-hybridized carbons (Fsp3) is 0.643. The van der Waals surface area contributed by atoms with Gasteiger partial charge in [-0.1, -0.05) is 33.9 Å². The summed E-state index contributed by atoms with van der Waals surface area (Å²) >= 11 is 3.55. The van der Waals surface area contributed by atoms with E-state index >= 15 is 0 Å². The molecular formula is C14H24BrNO2Si. The lowest BCUT2D eigenvalue weighted by Gasteiger charge is -2.40. The molecule has 19 heavy (non-hydrogen) atoms. The van der Waals surface area contributed by atoms with Gasteiger partial charge in [-0.25, -0.2) is 4.79 Å². The molecule has 1 aromatic heterocycles. The lowest BCUT2D eigenvalue weighted by molar-refractivity contribution is 0.0599. The Morgan fingerprint density at radius 1 is 1.21 bits per heavy atom. The summed E-state index contributed by atoms with van der Waals surface area (Å²) in [6.07, 6.45) is 0. The molecule has 0 bridgehead atoms. The van der Waals surface area contributed by atoms with E-state index in [1.807, 2.05) is 6.92 Å². The van der Waals surface area contributed by atoms with Gasteiger partial charge in [0.15, 0.2) is 8.24 Å². The van der Waals surface area contributed by atoms with Crippen molar-refractivity contribution >= 4 is 30.1 Å². The standard InChI is InChI=1S/C14H24BrNO2Si/c1-9-11(13(17)18-6)12(15)10(2)16(9)19(7,8)14(3,4)5/h1-8H3. The molecule has 108 valence electrons. The molecule has 0 aliphatic heterocycles. The van der Waals surface area contributed by atoms with Crippen LogP contribution in [0.4, 0.5) is 0 Å². The maximum Gasteiger partial charge on any atom is 0.340 e. The van der Waals surface area contributed by atoms with E-state index in [0.29, 0.717) is 5.56 Å². The normalized spacial score (nSPS) is 12.7. The Morgan fingerprint density at radius 3 is 2.05 bits per heavy atom. The lowest BCUT2D eigenvalue weighted by atomic mass is 10.2. The molecule has 0 atom stereocenters. The molecule has 5 heteroatoms. The average Bonchev–Trinajstić information content (AvgIpc) is 2.48. The first-order valence-electron chi connectivity index (χ1n) is 6.43. The molecule has 0 amide bonds. The van der Waals surface area contributed by atoms with Crippen molar-refractivity contribution in [2.45, 2.75) is 52.8 Å². The molecule has 0 saturated carbocycles. The third kappa shape index (κ3) is 2.54. The first-order valence-corrected chi connectivity index (χ1v) is 10.2. The van der Waals surface area contributed by atoms with Crippen LogP contribution in [0.3, 0.4) is 0 Å². The van der Waals surface area contributed by atoms with Crippen LogP contribution in [0.25, 0.3) is 0 Å². The van der Waals surface area contributed by atoms with E-state index in [0.717, 1.165) is 15.9 Å². The molecule has 3 nitrogen and oxygen atoms in total. The monoisotopic (exact) mass is 345 g/mol. The number of nitrogens with zero attached hydrogens (tertiary/aromatic N) is 1. The highest BCUT2D eigenvalue weighted by Gasteiger charge is 2.41. The largest absolute Gasteiger partial charge is 0.465 e. The van der Waals surface area contributed by atoms with Crippen LogP contribution in [0.15, 0.2) is 4.47 Å². The smallest absolute Gasteiger partial charge is 0.340 e. The van der Waals surface area contributed by atoms with E-state index in [2.05, 4.69) is 61.0 Å². The van der Waals surface area contributed by atoms with Crippen LogP contribution in [0.1, 0.15) is 42.5 Å². The summed E-state index contributed by atoms with van der Waals surface area (Å²) < 4.78 is 8.12. The summed E-state index contributed by atoms with van der Waals surface area (Å²) in [6, 6.07) is 0. The highest BCUT2D eigenvalue weighted by Crippen LogP contribution is 2.41. The molecule has 0 radical (unpaired) electrons. The van der Waals surface area contributed by atoms with Crippen LogP contribution >= 0.6 is 15.9 Å². The number of esters is 1. The highest BCUT2D eigenvalue weighted by molar-refractivity contribution is 9.10.